The second kappa shape index (κ2) is 4.30. The monoisotopic (exact) mass is 315 g/mol. The fourth-order valence-electron chi connectivity index (χ4n) is 1.76. The summed E-state index contributed by atoms with van der Waals surface area (Å²) in [5.41, 5.74) is 2.07. The van der Waals surface area contributed by atoms with Crippen molar-refractivity contribution in [1.82, 2.24) is 5.32 Å². The summed E-state index contributed by atoms with van der Waals surface area (Å²) in [6.07, 6.45) is 1.88. The van der Waals surface area contributed by atoms with Crippen molar-refractivity contribution in [2.45, 2.75) is 12.8 Å². The maximum atomic E-state index is 11.5. The largest absolute Gasteiger partial charge is 0.288 e. The van der Waals surface area contributed by atoms with E-state index in [1.807, 2.05) is 12.1 Å². The van der Waals surface area contributed by atoms with Gasteiger partial charge in [0, 0.05) is 0 Å². The van der Waals surface area contributed by atoms with Crippen LogP contribution in [0, 0.1) is 0 Å². The summed E-state index contributed by atoms with van der Waals surface area (Å²) in [5, 5.41) is 2.32. The minimum atomic E-state index is -0.272. The van der Waals surface area contributed by atoms with Gasteiger partial charge in [0.1, 0.15) is 0 Å². The van der Waals surface area contributed by atoms with Crippen LogP contribution in [0.3, 0.4) is 0 Å². The van der Waals surface area contributed by atoms with Crippen LogP contribution in [0.25, 0.3) is 0 Å². The van der Waals surface area contributed by atoms with Crippen molar-refractivity contribution in [2.24, 2.45) is 0 Å². The van der Waals surface area contributed by atoms with E-state index in [2.05, 4.69) is 27.9 Å². The van der Waals surface area contributed by atoms with Crippen molar-refractivity contribution in [3.63, 3.8) is 0 Å². The van der Waals surface area contributed by atoms with E-state index in [4.69, 9.17) is 0 Å². The SMILES string of the molecule is O=C1NC(=O)c2c(CCCI)cccc21. The van der Waals surface area contributed by atoms with Crippen LogP contribution < -0.4 is 5.32 Å². The van der Waals surface area contributed by atoms with E-state index in [-0.39, 0.29) is 11.8 Å². The zero-order valence-corrected chi connectivity index (χ0v) is 10.2. The number of imide groups is 1. The number of aryl methyl sites for hydroxylation is 1. The molecule has 0 fully saturated rings. The Balaban J connectivity index is 2.41. The third-order valence-electron chi connectivity index (χ3n) is 2.43. The first kappa shape index (κ1) is 10.6. The average Bonchev–Trinajstić information content (AvgIpc) is 2.53. The lowest BCUT2D eigenvalue weighted by molar-refractivity contribution is 0.0879. The zero-order valence-electron chi connectivity index (χ0n) is 8.05. The van der Waals surface area contributed by atoms with Crippen LogP contribution in [-0.2, 0) is 6.42 Å². The number of halogens is 1. The molecular weight excluding hydrogens is 305 g/mol. The fourth-order valence-corrected chi connectivity index (χ4v) is 2.14. The van der Waals surface area contributed by atoms with Gasteiger partial charge >= 0.3 is 0 Å². The molecule has 0 unspecified atom stereocenters. The van der Waals surface area contributed by atoms with Crippen molar-refractivity contribution in [1.29, 1.82) is 0 Å². The Hall–Kier alpha value is -0.910. The predicted molar refractivity (Wildman–Crippen MR) is 65.4 cm³/mol. The Morgan fingerprint density at radius 2 is 2.00 bits per heavy atom. The van der Waals surface area contributed by atoms with Gasteiger partial charge in [0.05, 0.1) is 11.1 Å². The summed E-state index contributed by atoms with van der Waals surface area (Å²) < 4.78 is 1.05. The molecule has 1 aromatic carbocycles. The summed E-state index contributed by atoms with van der Waals surface area (Å²) >= 11 is 2.30. The second-order valence-corrected chi connectivity index (χ2v) is 4.49. The molecule has 0 aliphatic carbocycles. The van der Waals surface area contributed by atoms with Crippen molar-refractivity contribution in [3.05, 3.63) is 34.9 Å². The van der Waals surface area contributed by atoms with Crippen LogP contribution in [0.2, 0.25) is 0 Å². The Labute approximate surface area is 101 Å². The summed E-state index contributed by atoms with van der Waals surface area (Å²) in [6, 6.07) is 5.45. The Bertz CT molecular complexity index is 429. The molecule has 2 rings (SSSR count). The van der Waals surface area contributed by atoms with Crippen LogP contribution in [0.15, 0.2) is 18.2 Å². The molecule has 1 aromatic rings. The summed E-state index contributed by atoms with van der Waals surface area (Å²) in [4.78, 5) is 22.9. The Morgan fingerprint density at radius 1 is 1.20 bits per heavy atom. The normalized spacial score (nSPS) is 13.9. The number of hydrogen-bond donors (Lipinski definition) is 1. The molecule has 0 bridgehead atoms. The van der Waals surface area contributed by atoms with Gasteiger partial charge in [0.25, 0.3) is 11.8 Å². The number of fused-ring (bicyclic) bond motifs is 1. The predicted octanol–water partition coefficient (Wildman–Crippen LogP) is 1.94. The Morgan fingerprint density at radius 3 is 2.73 bits per heavy atom. The molecule has 0 aromatic heterocycles. The average molecular weight is 315 g/mol. The number of carbonyl (C=O) groups excluding carboxylic acids is 2. The molecule has 0 spiro atoms. The zero-order chi connectivity index (χ0) is 10.8. The van der Waals surface area contributed by atoms with E-state index in [1.165, 1.54) is 0 Å². The molecule has 4 heteroatoms. The third kappa shape index (κ3) is 1.90. The second-order valence-electron chi connectivity index (χ2n) is 3.42. The van der Waals surface area contributed by atoms with E-state index in [0.29, 0.717) is 11.1 Å². The van der Waals surface area contributed by atoms with Gasteiger partial charge in [-0.15, -0.1) is 0 Å². The lowest BCUT2D eigenvalue weighted by Crippen LogP contribution is -2.20. The number of rotatable bonds is 3. The van der Waals surface area contributed by atoms with Gasteiger partial charge < -0.3 is 0 Å². The number of nitrogens with one attached hydrogen (secondary N) is 1. The smallest absolute Gasteiger partial charge is 0.259 e. The standard InChI is InChI=1S/C11H10INO2/c12-6-2-4-7-3-1-5-8-9(7)11(15)13-10(8)14/h1,3,5H,2,4,6H2,(H,13,14,15). The molecule has 1 aliphatic rings. The highest BCUT2D eigenvalue weighted by Gasteiger charge is 2.28. The molecule has 15 heavy (non-hydrogen) atoms. The lowest BCUT2D eigenvalue weighted by atomic mass is 9.99. The molecule has 0 saturated heterocycles. The van der Waals surface area contributed by atoms with E-state index >= 15 is 0 Å². The highest BCUT2D eigenvalue weighted by atomic mass is 127. The van der Waals surface area contributed by atoms with E-state index < -0.39 is 0 Å². The molecule has 1 aliphatic heterocycles. The van der Waals surface area contributed by atoms with Crippen LogP contribution in [0.5, 0.6) is 0 Å². The Kier molecular flexibility index (Phi) is 3.04. The van der Waals surface area contributed by atoms with E-state index in [0.717, 1.165) is 22.8 Å². The highest BCUT2D eigenvalue weighted by molar-refractivity contribution is 14.1. The molecule has 2 amide bonds. The molecule has 1 N–H and O–H groups in total. The first-order chi connectivity index (χ1) is 7.24. The number of benzene rings is 1. The van der Waals surface area contributed by atoms with Crippen molar-refractivity contribution in [2.75, 3.05) is 4.43 Å². The summed E-state index contributed by atoms with van der Waals surface area (Å²) in [7, 11) is 0. The van der Waals surface area contributed by atoms with Crippen LogP contribution in [-0.4, -0.2) is 16.2 Å². The number of amides is 2. The van der Waals surface area contributed by atoms with Gasteiger partial charge in [-0.3, -0.25) is 14.9 Å². The maximum Gasteiger partial charge on any atom is 0.259 e. The minimum Gasteiger partial charge on any atom is -0.288 e. The molecule has 1 heterocycles. The molecule has 3 nitrogen and oxygen atoms in total. The molecule has 78 valence electrons. The summed E-state index contributed by atoms with van der Waals surface area (Å²) in [5.74, 6) is -0.523. The van der Waals surface area contributed by atoms with Crippen molar-refractivity contribution < 1.29 is 9.59 Å². The van der Waals surface area contributed by atoms with Gasteiger partial charge in [-0.25, -0.2) is 0 Å². The first-order valence-corrected chi connectivity index (χ1v) is 6.30. The third-order valence-corrected chi connectivity index (χ3v) is 3.19. The van der Waals surface area contributed by atoms with Crippen LogP contribution in [0.1, 0.15) is 32.7 Å². The van der Waals surface area contributed by atoms with Gasteiger partial charge in [-0.05, 0) is 28.9 Å². The van der Waals surface area contributed by atoms with Gasteiger partial charge in [0.15, 0.2) is 0 Å². The summed E-state index contributed by atoms with van der Waals surface area (Å²) in [6.45, 7) is 0. The van der Waals surface area contributed by atoms with Gasteiger partial charge in [-0.2, -0.15) is 0 Å². The lowest BCUT2D eigenvalue weighted by Gasteiger charge is -2.03. The topological polar surface area (TPSA) is 46.2 Å². The minimum absolute atomic E-state index is 0.251. The van der Waals surface area contributed by atoms with Crippen molar-refractivity contribution in [3.8, 4) is 0 Å². The van der Waals surface area contributed by atoms with Crippen LogP contribution in [0.4, 0.5) is 0 Å². The highest BCUT2D eigenvalue weighted by Crippen LogP contribution is 2.21. The molecule has 0 atom stereocenters. The number of alkyl halides is 1. The number of hydrogen-bond acceptors (Lipinski definition) is 2. The quantitative estimate of drug-likeness (QED) is 0.526. The molecular formula is C11H10INO2. The van der Waals surface area contributed by atoms with Gasteiger partial charge in [-0.1, -0.05) is 34.7 Å². The maximum absolute atomic E-state index is 11.5. The van der Waals surface area contributed by atoms with Crippen LogP contribution >= 0.6 is 22.6 Å². The molecule has 0 saturated carbocycles. The fraction of sp³-hybridized carbons (Fsp3) is 0.273. The van der Waals surface area contributed by atoms with E-state index in [9.17, 15) is 9.59 Å². The number of carbonyl (C=O) groups is 2. The first-order valence-electron chi connectivity index (χ1n) is 4.77. The molecule has 0 radical (unpaired) electrons. The van der Waals surface area contributed by atoms with Gasteiger partial charge in [0.2, 0.25) is 0 Å². The van der Waals surface area contributed by atoms with Crippen molar-refractivity contribution >= 4 is 34.4 Å². The van der Waals surface area contributed by atoms with E-state index in [1.54, 1.807) is 6.07 Å².